The van der Waals surface area contributed by atoms with Gasteiger partial charge in [-0.05, 0) is 31.7 Å². The Balaban J connectivity index is 1.75. The van der Waals surface area contributed by atoms with Gasteiger partial charge in [-0.1, -0.05) is 19.0 Å². The van der Waals surface area contributed by atoms with Gasteiger partial charge in [-0.15, -0.1) is 0 Å². The van der Waals surface area contributed by atoms with Crippen LogP contribution in [0.2, 0.25) is 0 Å². The number of furan rings is 1. The summed E-state index contributed by atoms with van der Waals surface area (Å²) in [4.78, 5) is 18.6. The lowest BCUT2D eigenvalue weighted by atomic mass is 9.89. The van der Waals surface area contributed by atoms with Gasteiger partial charge in [0.2, 0.25) is 5.89 Å². The second-order valence-corrected chi connectivity index (χ2v) is 6.83. The van der Waals surface area contributed by atoms with Crippen molar-refractivity contribution in [2.75, 3.05) is 13.1 Å². The fraction of sp³-hybridized carbons (Fsp3) is 0.588. The van der Waals surface area contributed by atoms with Crippen molar-refractivity contribution in [2.45, 2.75) is 51.6 Å². The Hall–Kier alpha value is -2.15. The number of aromatic nitrogens is 2. The minimum Gasteiger partial charge on any atom is -0.459 e. The van der Waals surface area contributed by atoms with Crippen LogP contribution in [0, 0.1) is 6.92 Å². The van der Waals surface area contributed by atoms with E-state index in [1.54, 1.807) is 18.1 Å². The average Bonchev–Trinajstić information content (AvgIpc) is 3.15. The van der Waals surface area contributed by atoms with Gasteiger partial charge >= 0.3 is 0 Å². The molecule has 1 unspecified atom stereocenters. The highest BCUT2D eigenvalue weighted by Gasteiger charge is 2.38. The van der Waals surface area contributed by atoms with Crippen LogP contribution in [0.5, 0.6) is 0 Å². The molecule has 1 fully saturated rings. The fourth-order valence-electron chi connectivity index (χ4n) is 3.21. The summed E-state index contributed by atoms with van der Waals surface area (Å²) >= 11 is 0. The number of carbonyl (C=O) groups excluding carboxylic acids is 1. The van der Waals surface area contributed by atoms with E-state index in [1.807, 2.05) is 19.9 Å². The maximum Gasteiger partial charge on any atom is 0.289 e. The maximum absolute atomic E-state index is 12.8. The molecule has 2 aromatic rings. The van der Waals surface area contributed by atoms with Crippen molar-refractivity contribution in [1.82, 2.24) is 15.0 Å². The molecule has 2 aromatic heterocycles. The second kappa shape index (κ2) is 6.39. The molecule has 24 heavy (non-hydrogen) atoms. The molecule has 1 saturated heterocycles. The Morgan fingerprint density at radius 1 is 1.50 bits per heavy atom. The molecule has 1 aliphatic heterocycles. The second-order valence-electron chi connectivity index (χ2n) is 6.83. The van der Waals surface area contributed by atoms with Gasteiger partial charge in [0.15, 0.2) is 11.6 Å². The molecular formula is C17H23N3O4. The zero-order chi connectivity index (χ0) is 17.3. The molecule has 1 atom stereocenters. The quantitative estimate of drug-likeness (QED) is 0.923. The van der Waals surface area contributed by atoms with Crippen LogP contribution in [0.4, 0.5) is 0 Å². The molecule has 0 saturated carbocycles. The summed E-state index contributed by atoms with van der Waals surface area (Å²) in [6.07, 6.45) is 3.09. The van der Waals surface area contributed by atoms with E-state index < -0.39 is 5.60 Å². The standard InChI is InChI=1S/C17H23N3O4/c1-11(2)13-5-8-23-15(13)16(21)20-7-4-6-17(22,10-20)9-14-18-12(3)19-24-14/h5,8,11,22H,4,6-7,9-10H2,1-3H3. The number of hydrogen-bond donors (Lipinski definition) is 1. The molecule has 0 radical (unpaired) electrons. The molecule has 1 aliphatic rings. The maximum atomic E-state index is 12.8. The van der Waals surface area contributed by atoms with Crippen LogP contribution in [0.15, 0.2) is 21.3 Å². The minimum atomic E-state index is -1.06. The van der Waals surface area contributed by atoms with Crippen molar-refractivity contribution in [3.63, 3.8) is 0 Å². The zero-order valence-electron chi connectivity index (χ0n) is 14.3. The van der Waals surface area contributed by atoms with E-state index in [9.17, 15) is 9.90 Å². The van der Waals surface area contributed by atoms with Gasteiger partial charge < -0.3 is 18.9 Å². The Kier molecular flexibility index (Phi) is 4.45. The Morgan fingerprint density at radius 3 is 2.96 bits per heavy atom. The first-order valence-corrected chi connectivity index (χ1v) is 8.26. The van der Waals surface area contributed by atoms with Crippen molar-refractivity contribution >= 4 is 5.91 Å². The molecule has 3 heterocycles. The SMILES string of the molecule is Cc1noc(CC2(O)CCCN(C(=O)c3occc3C(C)C)C2)n1. The number of hydrogen-bond acceptors (Lipinski definition) is 6. The summed E-state index contributed by atoms with van der Waals surface area (Å²) < 4.78 is 10.5. The first kappa shape index (κ1) is 16.7. The van der Waals surface area contributed by atoms with Gasteiger partial charge in [-0.3, -0.25) is 4.79 Å². The van der Waals surface area contributed by atoms with Crippen LogP contribution in [0.1, 0.15) is 60.4 Å². The third-order valence-corrected chi connectivity index (χ3v) is 4.40. The van der Waals surface area contributed by atoms with Gasteiger partial charge in [0.05, 0.1) is 24.8 Å². The van der Waals surface area contributed by atoms with Crippen LogP contribution in [0.3, 0.4) is 0 Å². The third-order valence-electron chi connectivity index (χ3n) is 4.40. The predicted molar refractivity (Wildman–Crippen MR) is 85.6 cm³/mol. The lowest BCUT2D eigenvalue weighted by Gasteiger charge is -2.38. The molecule has 1 N–H and O–H groups in total. The van der Waals surface area contributed by atoms with E-state index in [1.165, 1.54) is 0 Å². The van der Waals surface area contributed by atoms with Crippen molar-refractivity contribution in [3.8, 4) is 0 Å². The summed E-state index contributed by atoms with van der Waals surface area (Å²) in [5, 5.41) is 14.6. The van der Waals surface area contributed by atoms with Crippen molar-refractivity contribution in [1.29, 1.82) is 0 Å². The van der Waals surface area contributed by atoms with Gasteiger partial charge in [0.1, 0.15) is 0 Å². The molecule has 0 spiro atoms. The predicted octanol–water partition coefficient (Wildman–Crippen LogP) is 2.30. The number of carbonyl (C=O) groups is 1. The summed E-state index contributed by atoms with van der Waals surface area (Å²) in [6, 6.07) is 1.83. The minimum absolute atomic E-state index is 0.177. The van der Waals surface area contributed by atoms with Gasteiger partial charge in [-0.2, -0.15) is 4.98 Å². The summed E-state index contributed by atoms with van der Waals surface area (Å²) in [5.41, 5.74) is -0.168. The Bertz CT molecular complexity index is 721. The van der Waals surface area contributed by atoms with Crippen molar-refractivity contribution in [3.05, 3.63) is 35.4 Å². The van der Waals surface area contributed by atoms with E-state index in [0.717, 1.165) is 5.56 Å². The van der Waals surface area contributed by atoms with Crippen LogP contribution >= 0.6 is 0 Å². The van der Waals surface area contributed by atoms with E-state index in [2.05, 4.69) is 10.1 Å². The largest absolute Gasteiger partial charge is 0.459 e. The molecule has 0 aromatic carbocycles. The third kappa shape index (κ3) is 3.36. The monoisotopic (exact) mass is 333 g/mol. The Labute approximate surface area is 140 Å². The van der Waals surface area contributed by atoms with Crippen LogP contribution in [-0.2, 0) is 6.42 Å². The molecule has 0 bridgehead atoms. The van der Waals surface area contributed by atoms with Gasteiger partial charge in [0, 0.05) is 12.1 Å². The highest BCUT2D eigenvalue weighted by Crippen LogP contribution is 2.28. The van der Waals surface area contributed by atoms with E-state index in [4.69, 9.17) is 8.94 Å². The number of β-amino-alcohol motifs (C(OH)–C–C–N with tert-alkyl or cyclic N) is 1. The highest BCUT2D eigenvalue weighted by atomic mass is 16.5. The smallest absolute Gasteiger partial charge is 0.289 e. The molecule has 7 nitrogen and oxygen atoms in total. The number of likely N-dealkylation sites (tertiary alicyclic amines) is 1. The Morgan fingerprint density at radius 2 is 2.29 bits per heavy atom. The first-order valence-electron chi connectivity index (χ1n) is 8.26. The molecule has 7 heteroatoms. The zero-order valence-corrected chi connectivity index (χ0v) is 14.3. The first-order chi connectivity index (χ1) is 11.4. The fourth-order valence-corrected chi connectivity index (χ4v) is 3.21. The number of piperidine rings is 1. The number of aryl methyl sites for hydroxylation is 1. The van der Waals surface area contributed by atoms with E-state index in [0.29, 0.717) is 36.9 Å². The lowest BCUT2D eigenvalue weighted by molar-refractivity contribution is -0.0294. The molecule has 0 aliphatic carbocycles. The topological polar surface area (TPSA) is 92.6 Å². The van der Waals surface area contributed by atoms with Crippen LogP contribution in [0.25, 0.3) is 0 Å². The number of amides is 1. The lowest BCUT2D eigenvalue weighted by Crippen LogP contribution is -2.51. The van der Waals surface area contributed by atoms with E-state index in [-0.39, 0.29) is 24.8 Å². The molecular weight excluding hydrogens is 310 g/mol. The summed E-state index contributed by atoms with van der Waals surface area (Å²) in [7, 11) is 0. The average molecular weight is 333 g/mol. The summed E-state index contributed by atoms with van der Waals surface area (Å²) in [6.45, 7) is 6.60. The summed E-state index contributed by atoms with van der Waals surface area (Å²) in [5.74, 6) is 1.32. The highest BCUT2D eigenvalue weighted by molar-refractivity contribution is 5.93. The van der Waals surface area contributed by atoms with Gasteiger partial charge in [-0.25, -0.2) is 0 Å². The van der Waals surface area contributed by atoms with Crippen molar-refractivity contribution < 1.29 is 18.8 Å². The molecule has 1 amide bonds. The number of nitrogens with zero attached hydrogens (tertiary/aromatic N) is 3. The van der Waals surface area contributed by atoms with Crippen LogP contribution < -0.4 is 0 Å². The van der Waals surface area contributed by atoms with Crippen LogP contribution in [-0.4, -0.2) is 44.7 Å². The number of rotatable bonds is 4. The molecule has 130 valence electrons. The van der Waals surface area contributed by atoms with Gasteiger partial charge in [0.25, 0.3) is 5.91 Å². The normalized spacial score (nSPS) is 21.5. The van der Waals surface area contributed by atoms with Crippen molar-refractivity contribution in [2.24, 2.45) is 0 Å². The number of aliphatic hydroxyl groups is 1. The molecule has 3 rings (SSSR count). The van der Waals surface area contributed by atoms with E-state index >= 15 is 0 Å².